The minimum Gasteiger partial charge on any atom is -0.0880 e. The summed E-state index contributed by atoms with van der Waals surface area (Å²) in [5, 5.41) is 0. The van der Waals surface area contributed by atoms with Gasteiger partial charge in [0, 0.05) is 0 Å². The molecule has 4 atom stereocenters. The van der Waals surface area contributed by atoms with Crippen LogP contribution in [-0.4, -0.2) is 0 Å². The van der Waals surface area contributed by atoms with Crippen LogP contribution in [0.4, 0.5) is 0 Å². The highest BCUT2D eigenvalue weighted by atomic mass is 14.6. The Morgan fingerprint density at radius 2 is 1.82 bits per heavy atom. The maximum atomic E-state index is 2.43. The normalized spacial score (nSPS) is 47.4. The number of rotatable bonds is 0. The second-order valence-corrected chi connectivity index (χ2v) is 7.31. The summed E-state index contributed by atoms with van der Waals surface area (Å²) in [6.07, 6.45) is 16.7. The summed E-state index contributed by atoms with van der Waals surface area (Å²) < 4.78 is 0. The third-order valence-electron chi connectivity index (χ3n) is 6.37. The molecule has 0 amide bonds. The van der Waals surface area contributed by atoms with E-state index >= 15 is 0 Å². The zero-order valence-electron chi connectivity index (χ0n) is 11.6. The quantitative estimate of drug-likeness (QED) is 0.515. The van der Waals surface area contributed by atoms with Crippen molar-refractivity contribution in [3.63, 3.8) is 0 Å². The average molecular weight is 230 g/mol. The average Bonchev–Trinajstić information content (AvgIpc) is 2.77. The van der Waals surface area contributed by atoms with Gasteiger partial charge in [0.15, 0.2) is 0 Å². The van der Waals surface area contributed by atoms with Crippen molar-refractivity contribution in [3.8, 4) is 0 Å². The molecule has 0 aliphatic heterocycles. The summed E-state index contributed by atoms with van der Waals surface area (Å²) in [5.74, 6) is 2.97. The molecule has 0 aromatic heterocycles. The zero-order chi connectivity index (χ0) is 12.1. The topological polar surface area (TPSA) is 0 Å². The Morgan fingerprint density at radius 1 is 1.00 bits per heavy atom. The van der Waals surface area contributed by atoms with Gasteiger partial charge in [-0.15, -0.1) is 0 Å². The fraction of sp³-hybridized carbons (Fsp3) is 0.765. The lowest BCUT2D eigenvalue weighted by Crippen LogP contribution is -2.27. The molecule has 0 spiro atoms. The molecule has 0 radical (unpaired) electrons. The van der Waals surface area contributed by atoms with E-state index in [2.05, 4.69) is 45.1 Å². The number of hydrogen-bond donors (Lipinski definition) is 0. The van der Waals surface area contributed by atoms with Gasteiger partial charge in [-0.05, 0) is 60.7 Å². The Bertz CT molecular complexity index is 360. The molecule has 4 aliphatic rings. The lowest BCUT2D eigenvalue weighted by atomic mass is 9.71. The summed E-state index contributed by atoms with van der Waals surface area (Å²) in [5.41, 5.74) is 1.07. The molecule has 4 aliphatic carbocycles. The molecule has 94 valence electrons. The second kappa shape index (κ2) is 3.73. The first-order valence-electron chi connectivity index (χ1n) is 7.39. The minimum atomic E-state index is 0.525. The standard InChI is InChI=1S/C10H16.C7H10/c1-9(2)8-4-6-10(9,3)7-5-8;1-2-6-4-5-7(6)3-1/h4,6,8H,5,7H2,1-3H3;1-2,6-7H,3-5H2. The van der Waals surface area contributed by atoms with Gasteiger partial charge in [0.25, 0.3) is 0 Å². The van der Waals surface area contributed by atoms with E-state index in [4.69, 9.17) is 0 Å². The highest BCUT2D eigenvalue weighted by Gasteiger charge is 2.52. The minimum absolute atomic E-state index is 0.525. The van der Waals surface area contributed by atoms with Crippen LogP contribution in [0.3, 0.4) is 0 Å². The fourth-order valence-corrected chi connectivity index (χ4v) is 4.09. The first-order chi connectivity index (χ1) is 8.03. The van der Waals surface area contributed by atoms with Gasteiger partial charge in [0.1, 0.15) is 0 Å². The van der Waals surface area contributed by atoms with Crippen molar-refractivity contribution < 1.29 is 0 Å². The van der Waals surface area contributed by atoms with E-state index in [-0.39, 0.29) is 0 Å². The first kappa shape index (κ1) is 11.6. The maximum Gasteiger partial charge on any atom is -0.00895 e. The molecule has 4 rings (SSSR count). The summed E-state index contributed by atoms with van der Waals surface area (Å²) in [6.45, 7) is 7.21. The molecule has 4 unspecified atom stereocenters. The summed E-state index contributed by atoms with van der Waals surface area (Å²) in [4.78, 5) is 0. The Labute approximate surface area is 106 Å². The molecule has 0 nitrogen and oxygen atoms in total. The zero-order valence-corrected chi connectivity index (χ0v) is 11.6. The Balaban J connectivity index is 0.000000113. The summed E-state index contributed by atoms with van der Waals surface area (Å²) in [6, 6.07) is 0. The van der Waals surface area contributed by atoms with Crippen LogP contribution >= 0.6 is 0 Å². The van der Waals surface area contributed by atoms with E-state index in [9.17, 15) is 0 Å². The lowest BCUT2D eigenvalue weighted by Gasteiger charge is -2.33. The molecule has 0 saturated heterocycles. The van der Waals surface area contributed by atoms with Gasteiger partial charge in [-0.25, -0.2) is 0 Å². The van der Waals surface area contributed by atoms with E-state index in [0.717, 1.165) is 17.8 Å². The summed E-state index contributed by atoms with van der Waals surface area (Å²) in [7, 11) is 0. The van der Waals surface area contributed by atoms with Gasteiger partial charge in [0.05, 0.1) is 0 Å². The molecule has 0 N–H and O–H groups in total. The summed E-state index contributed by atoms with van der Waals surface area (Å²) >= 11 is 0. The molecule has 2 bridgehead atoms. The molecular formula is C17H26. The molecule has 17 heavy (non-hydrogen) atoms. The highest BCUT2D eigenvalue weighted by Crippen LogP contribution is 2.61. The van der Waals surface area contributed by atoms with Crippen molar-refractivity contribution in [1.82, 2.24) is 0 Å². The van der Waals surface area contributed by atoms with Crippen molar-refractivity contribution in [2.45, 2.75) is 52.9 Å². The Kier molecular flexibility index (Phi) is 2.54. The largest absolute Gasteiger partial charge is 0.0880 e. The second-order valence-electron chi connectivity index (χ2n) is 7.31. The smallest absolute Gasteiger partial charge is 0.00895 e. The molecule has 2 fully saturated rings. The van der Waals surface area contributed by atoms with E-state index in [1.807, 2.05) is 0 Å². The van der Waals surface area contributed by atoms with E-state index < -0.39 is 0 Å². The van der Waals surface area contributed by atoms with Crippen LogP contribution in [0.5, 0.6) is 0 Å². The first-order valence-corrected chi connectivity index (χ1v) is 7.39. The lowest BCUT2D eigenvalue weighted by molar-refractivity contribution is 0.182. The SMILES string of the molecule is C1=CC2CCC2C1.CC12C=CC(CC1)C2(C)C. The van der Waals surface area contributed by atoms with Gasteiger partial charge in [0.2, 0.25) is 0 Å². The van der Waals surface area contributed by atoms with Gasteiger partial charge in [-0.1, -0.05) is 45.1 Å². The molecule has 0 heteroatoms. The Hall–Kier alpha value is -0.520. The fourth-order valence-electron chi connectivity index (χ4n) is 4.09. The van der Waals surface area contributed by atoms with Crippen LogP contribution in [0.2, 0.25) is 0 Å². The molecule has 0 aromatic carbocycles. The van der Waals surface area contributed by atoms with Crippen LogP contribution in [0.25, 0.3) is 0 Å². The number of fused-ring (bicyclic) bond motifs is 3. The number of hydrogen-bond acceptors (Lipinski definition) is 0. The van der Waals surface area contributed by atoms with Crippen LogP contribution in [0, 0.1) is 28.6 Å². The molecule has 0 aromatic rings. The van der Waals surface area contributed by atoms with Crippen molar-refractivity contribution in [2.24, 2.45) is 28.6 Å². The molecular weight excluding hydrogens is 204 g/mol. The van der Waals surface area contributed by atoms with E-state index in [1.54, 1.807) is 0 Å². The van der Waals surface area contributed by atoms with E-state index in [0.29, 0.717) is 10.8 Å². The van der Waals surface area contributed by atoms with Crippen LogP contribution in [0.1, 0.15) is 52.9 Å². The van der Waals surface area contributed by atoms with Crippen molar-refractivity contribution in [2.75, 3.05) is 0 Å². The van der Waals surface area contributed by atoms with Gasteiger partial charge in [-0.3, -0.25) is 0 Å². The van der Waals surface area contributed by atoms with Crippen molar-refractivity contribution in [3.05, 3.63) is 24.3 Å². The number of allylic oxidation sites excluding steroid dienone is 4. The predicted molar refractivity (Wildman–Crippen MR) is 73.7 cm³/mol. The monoisotopic (exact) mass is 230 g/mol. The van der Waals surface area contributed by atoms with Crippen molar-refractivity contribution >= 4 is 0 Å². The van der Waals surface area contributed by atoms with Crippen LogP contribution in [0.15, 0.2) is 24.3 Å². The third kappa shape index (κ3) is 1.63. The van der Waals surface area contributed by atoms with E-state index in [1.165, 1.54) is 32.1 Å². The molecule has 0 heterocycles. The van der Waals surface area contributed by atoms with Crippen molar-refractivity contribution in [1.29, 1.82) is 0 Å². The maximum absolute atomic E-state index is 2.43. The van der Waals surface area contributed by atoms with Gasteiger partial charge >= 0.3 is 0 Å². The van der Waals surface area contributed by atoms with Gasteiger partial charge < -0.3 is 0 Å². The Morgan fingerprint density at radius 3 is 2.00 bits per heavy atom. The van der Waals surface area contributed by atoms with Crippen LogP contribution in [-0.2, 0) is 0 Å². The van der Waals surface area contributed by atoms with Crippen LogP contribution < -0.4 is 0 Å². The third-order valence-corrected chi connectivity index (χ3v) is 6.37. The predicted octanol–water partition coefficient (Wildman–Crippen LogP) is 4.97. The van der Waals surface area contributed by atoms with Gasteiger partial charge in [-0.2, -0.15) is 0 Å². The molecule has 2 saturated carbocycles. The highest BCUT2D eigenvalue weighted by molar-refractivity contribution is 5.22.